The fourth-order valence-corrected chi connectivity index (χ4v) is 9.20. The Morgan fingerprint density at radius 3 is 1.93 bits per heavy atom. The number of rotatable bonds is 9. The molecule has 5 rings (SSSR count). The van der Waals surface area contributed by atoms with Crippen molar-refractivity contribution in [2.75, 3.05) is 19.6 Å². The molecule has 2 fully saturated rings. The second kappa shape index (κ2) is 11.9. The van der Waals surface area contributed by atoms with Gasteiger partial charge in [-0.05, 0) is 96.3 Å². The molecule has 5 unspecified atom stereocenters. The molecule has 3 N–H and O–H groups in total. The van der Waals surface area contributed by atoms with Crippen LogP contribution in [-0.4, -0.2) is 58.8 Å². The van der Waals surface area contributed by atoms with E-state index >= 15 is 0 Å². The van der Waals surface area contributed by atoms with Crippen LogP contribution in [0.1, 0.15) is 73.3 Å². The number of hydrogen-bond acceptors (Lipinski definition) is 5. The fourth-order valence-electron chi connectivity index (χ4n) is 7.99. The number of aryl methyl sites for hydroxylation is 1. The molecule has 1 aromatic heterocycles. The Balaban J connectivity index is 1.37. The van der Waals surface area contributed by atoms with E-state index in [2.05, 4.69) is 70.9 Å². The second-order valence-corrected chi connectivity index (χ2v) is 14.0. The van der Waals surface area contributed by atoms with Crippen LogP contribution in [0.3, 0.4) is 0 Å². The lowest BCUT2D eigenvalue weighted by atomic mass is 9.52. The highest BCUT2D eigenvalue weighted by Gasteiger charge is 2.65. The van der Waals surface area contributed by atoms with Gasteiger partial charge in [-0.3, -0.25) is 9.59 Å². The van der Waals surface area contributed by atoms with E-state index in [0.717, 1.165) is 42.2 Å². The third-order valence-electron chi connectivity index (χ3n) is 10.6. The van der Waals surface area contributed by atoms with Crippen molar-refractivity contribution < 1.29 is 19.8 Å². The highest BCUT2D eigenvalue weighted by molar-refractivity contribution is 7.12. The van der Waals surface area contributed by atoms with Crippen molar-refractivity contribution in [1.29, 1.82) is 0 Å². The summed E-state index contributed by atoms with van der Waals surface area (Å²) in [5.41, 5.74) is 0.144. The summed E-state index contributed by atoms with van der Waals surface area (Å²) in [5, 5.41) is 24.8. The number of nitrogens with one attached hydrogen (secondary N) is 1. The summed E-state index contributed by atoms with van der Waals surface area (Å²) < 4.78 is 0. The van der Waals surface area contributed by atoms with Crippen LogP contribution in [0.2, 0.25) is 0 Å². The number of thiophene rings is 1. The predicted molar refractivity (Wildman–Crippen MR) is 168 cm³/mol. The summed E-state index contributed by atoms with van der Waals surface area (Å²) in [6, 6.07) is 24.7. The lowest BCUT2D eigenvalue weighted by Crippen LogP contribution is -2.68. The molecule has 0 aliphatic carbocycles. The van der Waals surface area contributed by atoms with Crippen LogP contribution in [0.4, 0.5) is 0 Å². The van der Waals surface area contributed by atoms with Crippen molar-refractivity contribution in [2.45, 2.75) is 76.8 Å². The largest absolute Gasteiger partial charge is 0.481 e. The minimum atomic E-state index is -1.27. The van der Waals surface area contributed by atoms with Gasteiger partial charge in [0.15, 0.2) is 0 Å². The third kappa shape index (κ3) is 5.10. The van der Waals surface area contributed by atoms with Crippen molar-refractivity contribution in [2.24, 2.45) is 10.8 Å². The number of carbonyl (C=O) groups is 2. The summed E-state index contributed by atoms with van der Waals surface area (Å²) >= 11 is 1.53. The molecule has 2 aliphatic rings. The van der Waals surface area contributed by atoms with E-state index in [-0.39, 0.29) is 17.5 Å². The van der Waals surface area contributed by atoms with Crippen LogP contribution in [0.15, 0.2) is 72.8 Å². The third-order valence-corrected chi connectivity index (χ3v) is 11.7. The van der Waals surface area contributed by atoms with Crippen molar-refractivity contribution in [3.05, 3.63) is 93.7 Å². The van der Waals surface area contributed by atoms with Gasteiger partial charge in [-0.2, -0.15) is 0 Å². The normalized spacial score (nSPS) is 29.7. The van der Waals surface area contributed by atoms with Gasteiger partial charge >= 0.3 is 11.9 Å². The highest BCUT2D eigenvalue weighted by atomic mass is 32.1. The fraction of sp³-hybridized carbons (Fsp3) is 0.486. The predicted octanol–water partition coefficient (Wildman–Crippen LogP) is 6.54. The average molecular weight is 589 g/mol. The maximum absolute atomic E-state index is 13.3. The summed E-state index contributed by atoms with van der Waals surface area (Å²) in [7, 11) is 0. The molecule has 6 nitrogen and oxygen atoms in total. The molecule has 2 saturated heterocycles. The van der Waals surface area contributed by atoms with Crippen LogP contribution in [-0.2, 0) is 15.0 Å². The lowest BCUT2D eigenvalue weighted by molar-refractivity contribution is -0.171. The number of piperidine rings is 2. The standard InChI is InChI=1S/C35H44N2O4S/c1-24-16-17-29(42-24)30-33(4,31(38)39)25(2)36-26(3)35(30,32(40)41)18-11-21-37-22-19-34(20-23-37,27-12-7-5-8-13-27)28-14-9-6-10-15-28/h5-10,12-17,25-26,30,36H,11,18-23H2,1-4H3,(H,38,39)(H,40,41). The van der Waals surface area contributed by atoms with Crippen LogP contribution in [0.5, 0.6) is 0 Å². The quantitative estimate of drug-likeness (QED) is 0.263. The van der Waals surface area contributed by atoms with E-state index in [9.17, 15) is 19.8 Å². The van der Waals surface area contributed by atoms with Gasteiger partial charge in [0, 0.05) is 33.2 Å². The number of carboxylic acid groups (broad SMARTS) is 2. The van der Waals surface area contributed by atoms with E-state index < -0.39 is 28.7 Å². The summed E-state index contributed by atoms with van der Waals surface area (Å²) in [6.07, 6.45) is 3.09. The van der Waals surface area contributed by atoms with Gasteiger partial charge in [0.2, 0.25) is 0 Å². The molecule has 5 atom stereocenters. The summed E-state index contributed by atoms with van der Waals surface area (Å²) in [6.45, 7) is 10.2. The molecule has 0 radical (unpaired) electrons. The molecule has 0 bridgehead atoms. The molecule has 0 amide bonds. The van der Waals surface area contributed by atoms with E-state index in [4.69, 9.17) is 0 Å². The Bertz CT molecular complexity index is 1340. The Morgan fingerprint density at radius 1 is 0.881 bits per heavy atom. The van der Waals surface area contributed by atoms with E-state index in [1.165, 1.54) is 22.5 Å². The van der Waals surface area contributed by atoms with Gasteiger partial charge in [-0.1, -0.05) is 60.7 Å². The second-order valence-electron chi connectivity index (χ2n) is 12.7. The molecular weight excluding hydrogens is 544 g/mol. The van der Waals surface area contributed by atoms with Crippen LogP contribution in [0, 0.1) is 17.8 Å². The Labute approximate surface area is 253 Å². The van der Waals surface area contributed by atoms with Crippen molar-refractivity contribution in [3.63, 3.8) is 0 Å². The van der Waals surface area contributed by atoms with Gasteiger partial charge in [0.05, 0.1) is 10.8 Å². The smallest absolute Gasteiger partial charge is 0.311 e. The monoisotopic (exact) mass is 588 g/mol. The van der Waals surface area contributed by atoms with Crippen LogP contribution >= 0.6 is 11.3 Å². The van der Waals surface area contributed by atoms with Crippen LogP contribution < -0.4 is 5.32 Å². The van der Waals surface area contributed by atoms with Gasteiger partial charge in [0.1, 0.15) is 0 Å². The molecule has 224 valence electrons. The molecule has 2 aliphatic heterocycles. The summed E-state index contributed by atoms with van der Waals surface area (Å²) in [4.78, 5) is 30.6. The number of hydrogen-bond donors (Lipinski definition) is 3. The molecule has 0 saturated carbocycles. The lowest BCUT2D eigenvalue weighted by Gasteiger charge is -2.56. The zero-order chi connectivity index (χ0) is 30.1. The van der Waals surface area contributed by atoms with Gasteiger partial charge in [0.25, 0.3) is 0 Å². The topological polar surface area (TPSA) is 89.9 Å². The van der Waals surface area contributed by atoms with E-state index in [1.807, 2.05) is 32.9 Å². The van der Waals surface area contributed by atoms with Crippen LogP contribution in [0.25, 0.3) is 0 Å². The first-order chi connectivity index (χ1) is 20.1. The minimum Gasteiger partial charge on any atom is -0.481 e. The SMILES string of the molecule is Cc1ccc(C2C(C)(C(=O)O)C(C)NC(C)C2(CCCN2CCC(c3ccccc3)(c3ccccc3)CC2)C(=O)O)s1. The van der Waals surface area contributed by atoms with Gasteiger partial charge < -0.3 is 20.4 Å². The maximum atomic E-state index is 13.3. The van der Waals surface area contributed by atoms with Crippen molar-refractivity contribution in [1.82, 2.24) is 10.2 Å². The molecule has 3 aromatic rings. The molecule has 42 heavy (non-hydrogen) atoms. The number of aliphatic carboxylic acids is 2. The first-order valence-electron chi connectivity index (χ1n) is 15.2. The number of likely N-dealkylation sites (tertiary alicyclic amines) is 1. The zero-order valence-corrected chi connectivity index (χ0v) is 26.0. The molecule has 3 heterocycles. The molecule has 7 heteroatoms. The first kappa shape index (κ1) is 30.5. The maximum Gasteiger partial charge on any atom is 0.311 e. The Morgan fingerprint density at radius 2 is 1.45 bits per heavy atom. The Kier molecular flexibility index (Phi) is 8.66. The molecule has 0 spiro atoms. The number of benzene rings is 2. The van der Waals surface area contributed by atoms with Crippen molar-refractivity contribution >= 4 is 23.3 Å². The van der Waals surface area contributed by atoms with E-state index in [1.54, 1.807) is 6.92 Å². The minimum absolute atomic E-state index is 0.0370. The zero-order valence-electron chi connectivity index (χ0n) is 25.2. The number of nitrogens with zero attached hydrogens (tertiary/aromatic N) is 1. The van der Waals surface area contributed by atoms with Gasteiger partial charge in [-0.15, -0.1) is 11.3 Å². The average Bonchev–Trinajstić information content (AvgIpc) is 3.42. The summed E-state index contributed by atoms with van der Waals surface area (Å²) in [5.74, 6) is -2.51. The Hall–Kier alpha value is -3.00. The first-order valence-corrected chi connectivity index (χ1v) is 16.0. The number of carboxylic acids is 2. The van der Waals surface area contributed by atoms with E-state index in [0.29, 0.717) is 12.8 Å². The molecular formula is C35H44N2O4S. The van der Waals surface area contributed by atoms with Gasteiger partial charge in [-0.25, -0.2) is 0 Å². The van der Waals surface area contributed by atoms with Crippen molar-refractivity contribution in [3.8, 4) is 0 Å². The highest BCUT2D eigenvalue weighted by Crippen LogP contribution is 2.58. The molecule has 2 aromatic carbocycles.